The van der Waals surface area contributed by atoms with E-state index in [4.69, 9.17) is 32.7 Å². The van der Waals surface area contributed by atoms with Gasteiger partial charge < -0.3 is 14.8 Å². The second kappa shape index (κ2) is 10.3. The molecule has 0 bridgehead atoms. The van der Waals surface area contributed by atoms with Gasteiger partial charge in [-0.1, -0.05) is 23.7 Å². The Morgan fingerprint density at radius 3 is 2.55 bits per heavy atom. The summed E-state index contributed by atoms with van der Waals surface area (Å²) in [6, 6.07) is 9.17. The lowest BCUT2D eigenvalue weighted by Crippen LogP contribution is -2.06. The van der Waals surface area contributed by atoms with Crippen molar-refractivity contribution in [1.82, 2.24) is 9.97 Å². The lowest BCUT2D eigenvalue weighted by atomic mass is 10.0. The molecule has 0 aliphatic carbocycles. The van der Waals surface area contributed by atoms with Crippen LogP contribution in [0.1, 0.15) is 22.3 Å². The molecule has 0 unspecified atom stereocenters. The average molecular weight is 459 g/mol. The average Bonchev–Trinajstić information content (AvgIpc) is 2.74. The van der Waals surface area contributed by atoms with E-state index in [0.29, 0.717) is 35.5 Å². The van der Waals surface area contributed by atoms with Crippen LogP contribution in [-0.2, 0) is 17.9 Å². The minimum atomic E-state index is 0.120. The molecule has 0 aliphatic rings. The lowest BCUT2D eigenvalue weighted by Gasteiger charge is -2.16. The van der Waals surface area contributed by atoms with Crippen LogP contribution in [0.25, 0.3) is 0 Å². The Bertz CT molecular complexity index is 1120. The molecule has 7 nitrogen and oxygen atoms in total. The number of aryl methyl sites for hydroxylation is 2. The predicted molar refractivity (Wildman–Crippen MR) is 120 cm³/mol. The van der Waals surface area contributed by atoms with Crippen LogP contribution >= 0.6 is 23.2 Å². The molecule has 0 radical (unpaired) electrons. The summed E-state index contributed by atoms with van der Waals surface area (Å²) in [5, 5.41) is 3.83. The predicted octanol–water partition coefficient (Wildman–Crippen LogP) is 5.57. The van der Waals surface area contributed by atoms with Crippen LogP contribution in [0.2, 0.25) is 10.4 Å². The highest BCUT2D eigenvalue weighted by Crippen LogP contribution is 2.32. The molecule has 2 aromatic carbocycles. The number of isocyanates is 1. The van der Waals surface area contributed by atoms with Gasteiger partial charge in [-0.25, -0.2) is 14.8 Å². The molecular weight excluding hydrogens is 439 g/mol. The number of carbonyl (C=O) groups excluding carboxylic acids is 1. The van der Waals surface area contributed by atoms with Crippen LogP contribution < -0.4 is 14.8 Å². The number of halogens is 2. The molecule has 0 saturated carbocycles. The summed E-state index contributed by atoms with van der Waals surface area (Å²) in [6.45, 7) is 4.89. The second-order valence-electron chi connectivity index (χ2n) is 6.74. The smallest absolute Gasteiger partial charge is 0.240 e. The molecule has 3 rings (SSSR count). The van der Waals surface area contributed by atoms with Crippen molar-refractivity contribution in [2.45, 2.75) is 27.0 Å². The van der Waals surface area contributed by atoms with Crippen LogP contribution in [-0.4, -0.2) is 23.2 Å². The normalized spacial score (nSPS) is 10.4. The summed E-state index contributed by atoms with van der Waals surface area (Å²) >= 11 is 11.9. The van der Waals surface area contributed by atoms with E-state index in [1.807, 2.05) is 13.8 Å². The quantitative estimate of drug-likeness (QED) is 0.205. The number of aliphatic imine (C=N–C) groups is 1. The minimum Gasteiger partial charge on any atom is -0.494 e. The van der Waals surface area contributed by atoms with Gasteiger partial charge in [-0.3, -0.25) is 0 Å². The van der Waals surface area contributed by atoms with Crippen molar-refractivity contribution in [1.29, 1.82) is 0 Å². The summed E-state index contributed by atoms with van der Waals surface area (Å²) in [5.74, 6) is 1.05. The van der Waals surface area contributed by atoms with Crippen LogP contribution in [0.5, 0.6) is 11.5 Å². The molecule has 0 fully saturated rings. The van der Waals surface area contributed by atoms with Gasteiger partial charge in [0.2, 0.25) is 11.4 Å². The first-order chi connectivity index (χ1) is 14.9. The maximum absolute atomic E-state index is 10.5. The van der Waals surface area contributed by atoms with E-state index in [2.05, 4.69) is 32.4 Å². The Kier molecular flexibility index (Phi) is 7.47. The highest BCUT2D eigenvalue weighted by Gasteiger charge is 2.10. The molecule has 0 amide bonds. The number of benzene rings is 2. The summed E-state index contributed by atoms with van der Waals surface area (Å²) < 4.78 is 11.1. The Labute approximate surface area is 190 Å². The minimum absolute atomic E-state index is 0.120. The second-order valence-corrected chi connectivity index (χ2v) is 7.43. The maximum atomic E-state index is 10.5. The van der Waals surface area contributed by atoms with E-state index in [1.165, 1.54) is 13.2 Å². The first-order valence-electron chi connectivity index (χ1n) is 9.31. The third kappa shape index (κ3) is 5.73. The van der Waals surface area contributed by atoms with Crippen LogP contribution in [0.4, 0.5) is 11.4 Å². The fourth-order valence-electron chi connectivity index (χ4n) is 3.14. The standard InChI is InChI=1S/C22H20Cl2N4O3/c1-13-6-15(11-31-17-4-5-18(27-12-29)19(8-17)30-3)7-14(2)20(13)25-9-16-10-26-22(24)28-21(16)23/h4-8,10,25H,9,11H2,1-3H3. The maximum Gasteiger partial charge on any atom is 0.240 e. The van der Waals surface area contributed by atoms with Crippen molar-refractivity contribution in [3.8, 4) is 11.5 Å². The molecule has 1 heterocycles. The van der Waals surface area contributed by atoms with Crippen LogP contribution in [0.3, 0.4) is 0 Å². The van der Waals surface area contributed by atoms with E-state index < -0.39 is 0 Å². The number of rotatable bonds is 8. The Morgan fingerprint density at radius 2 is 1.90 bits per heavy atom. The number of aromatic nitrogens is 2. The molecule has 9 heteroatoms. The zero-order valence-electron chi connectivity index (χ0n) is 17.2. The fourth-order valence-corrected chi connectivity index (χ4v) is 3.51. The van der Waals surface area contributed by atoms with Crippen molar-refractivity contribution in [2.75, 3.05) is 12.4 Å². The van der Waals surface area contributed by atoms with Crippen LogP contribution in [0, 0.1) is 13.8 Å². The van der Waals surface area contributed by atoms with Crippen molar-refractivity contribution in [3.05, 3.63) is 69.2 Å². The Hall–Kier alpha value is -3.12. The summed E-state index contributed by atoms with van der Waals surface area (Å²) in [7, 11) is 1.50. The SMILES string of the molecule is COc1cc(OCc2cc(C)c(NCc3cnc(Cl)nc3Cl)c(C)c2)ccc1N=C=O. The lowest BCUT2D eigenvalue weighted by molar-refractivity contribution is 0.303. The van der Waals surface area contributed by atoms with E-state index in [-0.39, 0.29) is 5.28 Å². The number of nitrogens with one attached hydrogen (secondary N) is 1. The zero-order valence-corrected chi connectivity index (χ0v) is 18.7. The third-order valence-electron chi connectivity index (χ3n) is 4.55. The highest BCUT2D eigenvalue weighted by molar-refractivity contribution is 6.32. The number of hydrogen-bond donors (Lipinski definition) is 1. The Morgan fingerprint density at radius 1 is 1.16 bits per heavy atom. The fraction of sp³-hybridized carbons (Fsp3) is 0.227. The monoisotopic (exact) mass is 458 g/mol. The van der Waals surface area contributed by atoms with Gasteiger partial charge in [-0.2, -0.15) is 4.99 Å². The van der Waals surface area contributed by atoms with Gasteiger partial charge in [-0.05, 0) is 54.3 Å². The van der Waals surface area contributed by atoms with E-state index in [9.17, 15) is 4.79 Å². The molecule has 0 spiro atoms. The van der Waals surface area contributed by atoms with Gasteiger partial charge in [0, 0.05) is 30.1 Å². The van der Waals surface area contributed by atoms with Crippen molar-refractivity contribution in [3.63, 3.8) is 0 Å². The van der Waals surface area contributed by atoms with E-state index in [1.54, 1.807) is 24.4 Å². The van der Waals surface area contributed by atoms with Gasteiger partial charge in [0.25, 0.3) is 0 Å². The number of nitrogens with zero attached hydrogens (tertiary/aromatic N) is 3. The molecule has 160 valence electrons. The molecular formula is C22H20Cl2N4O3. The summed E-state index contributed by atoms with van der Waals surface area (Å²) in [4.78, 5) is 22.0. The van der Waals surface area contributed by atoms with Gasteiger partial charge in [-0.15, -0.1) is 0 Å². The summed E-state index contributed by atoms with van der Waals surface area (Å²) in [5.41, 5.74) is 5.32. The van der Waals surface area contributed by atoms with Gasteiger partial charge in [0.1, 0.15) is 28.9 Å². The highest BCUT2D eigenvalue weighted by atomic mass is 35.5. The molecule has 0 saturated heterocycles. The zero-order chi connectivity index (χ0) is 22.4. The molecule has 0 aliphatic heterocycles. The number of anilines is 1. The largest absolute Gasteiger partial charge is 0.494 e. The number of methoxy groups -OCH3 is 1. The van der Waals surface area contributed by atoms with E-state index >= 15 is 0 Å². The summed E-state index contributed by atoms with van der Waals surface area (Å²) in [6.07, 6.45) is 3.12. The van der Waals surface area contributed by atoms with Crippen molar-refractivity contribution < 1.29 is 14.3 Å². The molecule has 1 N–H and O–H groups in total. The molecule has 31 heavy (non-hydrogen) atoms. The van der Waals surface area contributed by atoms with Crippen molar-refractivity contribution in [2.24, 2.45) is 4.99 Å². The first-order valence-corrected chi connectivity index (χ1v) is 10.1. The van der Waals surface area contributed by atoms with Crippen LogP contribution in [0.15, 0.2) is 41.5 Å². The third-order valence-corrected chi connectivity index (χ3v) is 5.06. The van der Waals surface area contributed by atoms with Gasteiger partial charge in [0.15, 0.2) is 0 Å². The van der Waals surface area contributed by atoms with Crippen molar-refractivity contribution >= 4 is 40.7 Å². The van der Waals surface area contributed by atoms with E-state index in [0.717, 1.165) is 27.9 Å². The topological polar surface area (TPSA) is 85.7 Å². The van der Waals surface area contributed by atoms with Gasteiger partial charge >= 0.3 is 0 Å². The van der Waals surface area contributed by atoms with Gasteiger partial charge in [0.05, 0.1) is 7.11 Å². The Balaban J connectivity index is 1.69. The molecule has 0 atom stereocenters. The molecule has 1 aromatic heterocycles. The number of ether oxygens (including phenoxy) is 2. The molecule has 3 aromatic rings. The first kappa shape index (κ1) is 22.6. The number of hydrogen-bond acceptors (Lipinski definition) is 7.